The third-order valence-corrected chi connectivity index (χ3v) is 4.88. The fourth-order valence-corrected chi connectivity index (χ4v) is 3.01. The number of hydroxylamine groups is 1. The van der Waals surface area contributed by atoms with E-state index in [1.54, 1.807) is 0 Å². The Labute approximate surface area is 206 Å². The number of oxime groups is 1. The highest BCUT2D eigenvalue weighted by molar-refractivity contribution is 14.1. The molecule has 0 unspecified atom stereocenters. The van der Waals surface area contributed by atoms with Gasteiger partial charge in [0.15, 0.2) is 11.6 Å². The number of benzene rings is 2. The van der Waals surface area contributed by atoms with Crippen LogP contribution in [0.3, 0.4) is 0 Å². The van der Waals surface area contributed by atoms with Gasteiger partial charge in [-0.2, -0.15) is 0 Å². The molecule has 0 aliphatic heterocycles. The average Bonchev–Trinajstić information content (AvgIpc) is 2.81. The highest BCUT2D eigenvalue weighted by Crippen LogP contribution is 2.30. The van der Waals surface area contributed by atoms with Crippen molar-refractivity contribution in [2.75, 3.05) is 32.2 Å². The van der Waals surface area contributed by atoms with Crippen molar-refractivity contribution in [1.29, 1.82) is 0 Å². The second kappa shape index (κ2) is 13.7. The summed E-state index contributed by atoms with van der Waals surface area (Å²) in [5.74, 6) is -4.74. The maximum Gasteiger partial charge on any atom is 0.277 e. The molecule has 9 nitrogen and oxygen atoms in total. The second-order valence-electron chi connectivity index (χ2n) is 6.61. The molecule has 184 valence electrons. The van der Waals surface area contributed by atoms with Crippen LogP contribution in [0.15, 0.2) is 29.4 Å². The molecule has 0 aromatic heterocycles. The van der Waals surface area contributed by atoms with Crippen LogP contribution in [-0.2, 0) is 14.5 Å². The summed E-state index contributed by atoms with van der Waals surface area (Å²) < 4.78 is 44.5. The molecule has 0 aliphatic rings. The van der Waals surface area contributed by atoms with Crippen LogP contribution in [0.25, 0.3) is 0 Å². The predicted molar refractivity (Wildman–Crippen MR) is 126 cm³/mol. The van der Waals surface area contributed by atoms with E-state index in [0.29, 0.717) is 9.99 Å². The van der Waals surface area contributed by atoms with Gasteiger partial charge in [-0.25, -0.2) is 18.7 Å². The first-order valence-electron chi connectivity index (χ1n) is 9.91. The monoisotopic (exact) mass is 594 g/mol. The van der Waals surface area contributed by atoms with Gasteiger partial charge in [-0.15, -0.1) is 0 Å². The zero-order valence-electron chi connectivity index (χ0n) is 18.0. The summed E-state index contributed by atoms with van der Waals surface area (Å²) in [5, 5.41) is 17.2. The lowest BCUT2D eigenvalue weighted by Crippen LogP contribution is -2.26. The number of aliphatic hydroxyl groups is 1. The van der Waals surface area contributed by atoms with Gasteiger partial charge in [-0.3, -0.25) is 14.4 Å². The van der Waals surface area contributed by atoms with E-state index in [-0.39, 0.29) is 31.2 Å². The van der Waals surface area contributed by atoms with Gasteiger partial charge in [0.25, 0.3) is 5.91 Å². The van der Waals surface area contributed by atoms with Crippen molar-refractivity contribution < 1.29 is 37.5 Å². The zero-order valence-corrected chi connectivity index (χ0v) is 20.1. The molecule has 13 heteroatoms. The van der Waals surface area contributed by atoms with E-state index in [1.807, 2.05) is 28.1 Å². The normalized spacial score (nSPS) is 10.9. The molecule has 0 saturated carbocycles. The summed E-state index contributed by atoms with van der Waals surface area (Å²) >= 11 is 1.88. The third-order valence-electron chi connectivity index (χ3n) is 4.21. The molecule has 0 aliphatic carbocycles. The first-order chi connectivity index (χ1) is 16.3. The number of nitrogens with one attached hydrogen (secondary N) is 3. The molecule has 0 heterocycles. The summed E-state index contributed by atoms with van der Waals surface area (Å²) in [7, 11) is 1.49. The molecule has 0 fully saturated rings. The van der Waals surface area contributed by atoms with Crippen molar-refractivity contribution in [2.45, 2.75) is 12.8 Å². The Balaban J connectivity index is 2.31. The molecule has 0 radical (unpaired) electrons. The van der Waals surface area contributed by atoms with Gasteiger partial charge in [0.1, 0.15) is 12.4 Å². The molecule has 0 bridgehead atoms. The molecule has 0 saturated heterocycles. The van der Waals surface area contributed by atoms with Crippen molar-refractivity contribution in [1.82, 2.24) is 10.8 Å². The van der Waals surface area contributed by atoms with Crippen LogP contribution in [0.5, 0.6) is 0 Å². The van der Waals surface area contributed by atoms with Crippen LogP contribution in [0.4, 0.5) is 24.5 Å². The smallest absolute Gasteiger partial charge is 0.277 e. The zero-order chi connectivity index (χ0) is 25.1. The van der Waals surface area contributed by atoms with E-state index in [4.69, 9.17) is 14.8 Å². The number of nitrogens with zero attached hydrogens (tertiary/aromatic N) is 1. The Kier molecular flexibility index (Phi) is 11.0. The Morgan fingerprint density at radius 3 is 2.62 bits per heavy atom. The van der Waals surface area contributed by atoms with E-state index in [2.05, 4.69) is 15.8 Å². The number of carbonyl (C=O) groups excluding carboxylic acids is 2. The van der Waals surface area contributed by atoms with Gasteiger partial charge in [0.2, 0.25) is 5.91 Å². The number of hydrogen-bond donors (Lipinski definition) is 4. The highest BCUT2D eigenvalue weighted by atomic mass is 127. The fourth-order valence-electron chi connectivity index (χ4n) is 2.55. The van der Waals surface area contributed by atoms with Crippen molar-refractivity contribution in [3.8, 4) is 0 Å². The number of halogens is 4. The minimum atomic E-state index is -1.46. The quantitative estimate of drug-likeness (QED) is 0.130. The molecule has 34 heavy (non-hydrogen) atoms. The van der Waals surface area contributed by atoms with Gasteiger partial charge in [0.05, 0.1) is 36.4 Å². The van der Waals surface area contributed by atoms with Crippen molar-refractivity contribution >= 4 is 52.0 Å². The molecular formula is C21H22F3IN4O5. The standard InChI is InChI=1S/C21H22F3IN4O5/c1-26-17(31)3-2-7-33-27-11-12-9-14(21(32)29-34-8-6-30)20(19(24)18(12)23)28-16-5-4-13(25)10-15(16)22/h4-5,9-11,28,30H,2-3,6-8H2,1H3,(H,26,31)(H,29,32). The summed E-state index contributed by atoms with van der Waals surface area (Å²) in [6.45, 7) is -0.601. The minimum Gasteiger partial charge on any atom is -0.396 e. The topological polar surface area (TPSA) is 121 Å². The number of anilines is 2. The SMILES string of the molecule is CNC(=O)CCCON=Cc1cc(C(=O)NOCCO)c(Nc2ccc(I)cc2F)c(F)c1F. The summed E-state index contributed by atoms with van der Waals surface area (Å²) in [6, 6.07) is 4.98. The van der Waals surface area contributed by atoms with Crippen LogP contribution in [-0.4, -0.2) is 50.0 Å². The first-order valence-corrected chi connectivity index (χ1v) is 11.0. The number of carbonyl (C=O) groups is 2. The summed E-state index contributed by atoms with van der Waals surface area (Å²) in [6.07, 6.45) is 1.40. The third kappa shape index (κ3) is 7.85. The molecule has 2 aromatic rings. The summed E-state index contributed by atoms with van der Waals surface area (Å²) in [4.78, 5) is 33.4. The van der Waals surface area contributed by atoms with E-state index in [9.17, 15) is 22.8 Å². The van der Waals surface area contributed by atoms with Crippen LogP contribution >= 0.6 is 22.6 Å². The van der Waals surface area contributed by atoms with Gasteiger partial charge in [-0.05, 0) is 53.3 Å². The molecular weight excluding hydrogens is 572 g/mol. The number of aliphatic hydroxyl groups excluding tert-OH is 1. The molecule has 2 amide bonds. The van der Waals surface area contributed by atoms with E-state index in [1.165, 1.54) is 25.2 Å². The van der Waals surface area contributed by atoms with Crippen molar-refractivity contribution in [2.24, 2.45) is 5.16 Å². The number of rotatable bonds is 12. The fraction of sp³-hybridized carbons (Fsp3) is 0.286. The lowest BCUT2D eigenvalue weighted by molar-refractivity contribution is -0.120. The lowest BCUT2D eigenvalue weighted by Gasteiger charge is -2.15. The molecule has 2 rings (SSSR count). The van der Waals surface area contributed by atoms with Gasteiger partial charge >= 0.3 is 0 Å². The molecule has 0 atom stereocenters. The van der Waals surface area contributed by atoms with Crippen LogP contribution in [0, 0.1) is 21.0 Å². The maximum atomic E-state index is 15.0. The second-order valence-corrected chi connectivity index (χ2v) is 7.86. The number of hydrogen-bond acceptors (Lipinski definition) is 7. The Morgan fingerprint density at radius 2 is 1.94 bits per heavy atom. The average molecular weight is 594 g/mol. The van der Waals surface area contributed by atoms with Gasteiger partial charge in [0, 0.05) is 22.6 Å². The van der Waals surface area contributed by atoms with Crippen LogP contribution in [0.1, 0.15) is 28.8 Å². The minimum absolute atomic E-state index is 0.0437. The van der Waals surface area contributed by atoms with Gasteiger partial charge in [-0.1, -0.05) is 5.16 Å². The van der Waals surface area contributed by atoms with Crippen molar-refractivity contribution in [3.63, 3.8) is 0 Å². The molecule has 0 spiro atoms. The van der Waals surface area contributed by atoms with E-state index < -0.39 is 46.8 Å². The maximum absolute atomic E-state index is 15.0. The Morgan fingerprint density at radius 1 is 1.18 bits per heavy atom. The first kappa shape index (κ1) is 27.3. The predicted octanol–water partition coefficient (Wildman–Crippen LogP) is 2.98. The van der Waals surface area contributed by atoms with Crippen LogP contribution < -0.4 is 16.1 Å². The van der Waals surface area contributed by atoms with Crippen LogP contribution in [0.2, 0.25) is 0 Å². The summed E-state index contributed by atoms with van der Waals surface area (Å²) in [5.41, 5.74) is 0.318. The molecule has 4 N–H and O–H groups in total. The lowest BCUT2D eigenvalue weighted by atomic mass is 10.1. The van der Waals surface area contributed by atoms with E-state index in [0.717, 1.165) is 12.3 Å². The molecule has 2 aromatic carbocycles. The van der Waals surface area contributed by atoms with Crippen molar-refractivity contribution in [3.05, 3.63) is 56.4 Å². The Hall–Kier alpha value is -2.91. The Bertz CT molecular complexity index is 1060. The van der Waals surface area contributed by atoms with Gasteiger partial charge < -0.3 is 20.6 Å². The largest absolute Gasteiger partial charge is 0.396 e. The highest BCUT2D eigenvalue weighted by Gasteiger charge is 2.23. The number of amides is 2. The van der Waals surface area contributed by atoms with E-state index >= 15 is 0 Å².